The Hall–Kier alpha value is -2.56. The first-order chi connectivity index (χ1) is 13.9. The average Bonchev–Trinajstić information content (AvgIpc) is 2.68. The largest absolute Gasteiger partial charge is 0.496 e. The smallest absolute Gasteiger partial charge is 0.213 e. The molecule has 1 aliphatic heterocycles. The van der Waals surface area contributed by atoms with E-state index in [9.17, 15) is 8.42 Å². The predicted octanol–water partition coefficient (Wildman–Crippen LogP) is 4.45. The Morgan fingerprint density at radius 2 is 1.97 bits per heavy atom. The molecule has 2 N–H and O–H groups in total. The van der Waals surface area contributed by atoms with Gasteiger partial charge in [0.1, 0.15) is 17.6 Å². The van der Waals surface area contributed by atoms with Crippen LogP contribution in [-0.2, 0) is 15.8 Å². The van der Waals surface area contributed by atoms with Crippen LogP contribution in [0, 0.1) is 11.3 Å². The molecule has 0 bridgehead atoms. The Labute approximate surface area is 172 Å². The second-order valence-electron chi connectivity index (χ2n) is 7.28. The quantitative estimate of drug-likeness (QED) is 0.611. The Kier molecular flexibility index (Phi) is 6.78. The molecular weight excluding hydrogens is 388 g/mol. The fourth-order valence-corrected chi connectivity index (χ4v) is 4.44. The number of rotatable bonds is 9. The molecule has 3 rings (SSSR count). The van der Waals surface area contributed by atoms with Crippen molar-refractivity contribution in [1.82, 2.24) is 0 Å². The summed E-state index contributed by atoms with van der Waals surface area (Å²) in [4.78, 5) is 0. The number of hydrogen-bond donors (Lipinski definition) is 1. The van der Waals surface area contributed by atoms with Crippen molar-refractivity contribution in [3.63, 3.8) is 0 Å². The van der Waals surface area contributed by atoms with E-state index in [1.165, 1.54) is 0 Å². The fourth-order valence-electron chi connectivity index (χ4n) is 3.79. The van der Waals surface area contributed by atoms with Gasteiger partial charge in [0.15, 0.2) is 0 Å². The number of nitriles is 1. The minimum Gasteiger partial charge on any atom is -0.496 e. The number of nitrogens with zero attached hydrogens (tertiary/aromatic N) is 1. The molecule has 6 nitrogen and oxygen atoms in total. The average molecular weight is 415 g/mol. The number of hydrogen-bond acceptors (Lipinski definition) is 5. The number of ether oxygens (including phenoxy) is 2. The summed E-state index contributed by atoms with van der Waals surface area (Å²) in [5.74, 6) is 1.28. The summed E-state index contributed by atoms with van der Waals surface area (Å²) in [6.45, 7) is 0. The molecule has 1 atom stereocenters. The highest BCUT2D eigenvalue weighted by atomic mass is 32.2. The Morgan fingerprint density at radius 3 is 2.69 bits per heavy atom. The highest BCUT2D eigenvalue weighted by Crippen LogP contribution is 2.48. The Balaban J connectivity index is 1.89. The van der Waals surface area contributed by atoms with Gasteiger partial charge in [-0.25, -0.2) is 13.6 Å². The summed E-state index contributed by atoms with van der Waals surface area (Å²) < 4.78 is 34.9. The molecule has 154 valence electrons. The molecule has 7 heteroatoms. The third-order valence-corrected chi connectivity index (χ3v) is 5.82. The van der Waals surface area contributed by atoms with Gasteiger partial charge in [-0.2, -0.15) is 5.26 Å². The van der Waals surface area contributed by atoms with Gasteiger partial charge in [-0.3, -0.25) is 0 Å². The van der Waals surface area contributed by atoms with Gasteiger partial charge < -0.3 is 9.47 Å². The number of fused-ring (bicyclic) bond motifs is 3. The van der Waals surface area contributed by atoms with E-state index in [4.69, 9.17) is 19.9 Å². The van der Waals surface area contributed by atoms with Crippen molar-refractivity contribution in [2.75, 3.05) is 7.11 Å². The minimum atomic E-state index is -3.62. The third kappa shape index (κ3) is 5.28. The summed E-state index contributed by atoms with van der Waals surface area (Å²) in [6.07, 6.45) is 5.16. The summed E-state index contributed by atoms with van der Waals surface area (Å²) in [6, 6.07) is 13.5. The monoisotopic (exact) mass is 414 g/mol. The molecule has 0 saturated carbocycles. The zero-order chi connectivity index (χ0) is 20.9. The van der Waals surface area contributed by atoms with Crippen molar-refractivity contribution in [3.8, 4) is 28.7 Å². The van der Waals surface area contributed by atoms with Crippen LogP contribution in [0.4, 0.5) is 0 Å². The lowest BCUT2D eigenvalue weighted by Crippen LogP contribution is -2.17. The lowest BCUT2D eigenvalue weighted by molar-refractivity contribution is 0.186. The molecular formula is C22H26N2O4S. The zero-order valence-corrected chi connectivity index (χ0v) is 17.4. The number of benzene rings is 2. The summed E-state index contributed by atoms with van der Waals surface area (Å²) in [7, 11) is -1.99. The maximum absolute atomic E-state index is 11.5. The first-order valence-corrected chi connectivity index (χ1v) is 11.5. The van der Waals surface area contributed by atoms with Crippen LogP contribution in [0.2, 0.25) is 0 Å². The van der Waals surface area contributed by atoms with E-state index in [0.717, 1.165) is 60.3 Å². The minimum absolute atomic E-state index is 0.166. The van der Waals surface area contributed by atoms with Crippen LogP contribution in [-0.4, -0.2) is 15.5 Å². The van der Waals surface area contributed by atoms with Gasteiger partial charge in [-0.15, -0.1) is 0 Å². The molecule has 0 amide bonds. The van der Waals surface area contributed by atoms with Crippen molar-refractivity contribution < 1.29 is 17.9 Å². The number of nitrogens with two attached hydrogens (primary N) is 1. The molecule has 0 saturated heterocycles. The van der Waals surface area contributed by atoms with Crippen LogP contribution in [0.3, 0.4) is 0 Å². The van der Waals surface area contributed by atoms with Gasteiger partial charge in [0, 0.05) is 12.0 Å². The van der Waals surface area contributed by atoms with Gasteiger partial charge in [0.25, 0.3) is 0 Å². The molecule has 0 spiro atoms. The van der Waals surface area contributed by atoms with Crippen molar-refractivity contribution in [1.29, 1.82) is 5.26 Å². The highest BCUT2D eigenvalue weighted by Gasteiger charge is 2.28. The number of primary sulfonamides is 1. The van der Waals surface area contributed by atoms with Crippen LogP contribution >= 0.6 is 0 Å². The maximum atomic E-state index is 11.5. The van der Waals surface area contributed by atoms with Crippen molar-refractivity contribution in [2.24, 2.45) is 5.14 Å². The van der Waals surface area contributed by atoms with Gasteiger partial charge in [-0.1, -0.05) is 37.1 Å². The molecule has 2 aromatic rings. The molecule has 1 heterocycles. The second-order valence-corrected chi connectivity index (χ2v) is 8.89. The molecule has 1 aliphatic rings. The van der Waals surface area contributed by atoms with Crippen molar-refractivity contribution in [3.05, 3.63) is 47.5 Å². The molecule has 0 aliphatic carbocycles. The molecule has 0 radical (unpaired) electrons. The first-order valence-electron chi connectivity index (χ1n) is 9.77. The van der Waals surface area contributed by atoms with E-state index in [1.807, 2.05) is 30.3 Å². The molecule has 1 unspecified atom stereocenters. The zero-order valence-electron chi connectivity index (χ0n) is 16.6. The van der Waals surface area contributed by atoms with Crippen LogP contribution in [0.25, 0.3) is 11.1 Å². The number of unbranched alkanes of at least 4 members (excludes halogenated alkanes) is 4. The van der Waals surface area contributed by atoms with E-state index < -0.39 is 10.0 Å². The van der Waals surface area contributed by atoms with E-state index in [0.29, 0.717) is 12.0 Å². The Bertz CT molecular complexity index is 1010. The van der Waals surface area contributed by atoms with Gasteiger partial charge >= 0.3 is 0 Å². The van der Waals surface area contributed by atoms with Crippen LogP contribution in [0.15, 0.2) is 36.4 Å². The van der Waals surface area contributed by atoms with Crippen LogP contribution in [0.1, 0.15) is 55.8 Å². The molecule has 29 heavy (non-hydrogen) atoms. The SMILES string of the molecule is COc1cccc2c1-c1ccc(CS(N)(=O)=O)cc1C(CCCCCCC#N)O2. The summed E-state index contributed by atoms with van der Waals surface area (Å²) >= 11 is 0. The lowest BCUT2D eigenvalue weighted by Gasteiger charge is -2.30. The van der Waals surface area contributed by atoms with Crippen molar-refractivity contribution >= 4 is 10.0 Å². The normalized spacial score (nSPS) is 15.0. The second kappa shape index (κ2) is 9.29. The van der Waals surface area contributed by atoms with E-state index >= 15 is 0 Å². The van der Waals surface area contributed by atoms with Gasteiger partial charge in [0.2, 0.25) is 10.0 Å². The van der Waals surface area contributed by atoms with E-state index in [2.05, 4.69) is 6.07 Å². The molecule has 0 aromatic heterocycles. The topological polar surface area (TPSA) is 102 Å². The Morgan fingerprint density at radius 1 is 1.17 bits per heavy atom. The number of methoxy groups -OCH3 is 1. The predicted molar refractivity (Wildman–Crippen MR) is 112 cm³/mol. The maximum Gasteiger partial charge on any atom is 0.213 e. The molecule has 0 fully saturated rings. The summed E-state index contributed by atoms with van der Waals surface area (Å²) in [5, 5.41) is 13.9. The van der Waals surface area contributed by atoms with Crippen LogP contribution in [0.5, 0.6) is 11.5 Å². The van der Waals surface area contributed by atoms with Crippen molar-refractivity contribution in [2.45, 2.75) is 50.4 Å². The summed E-state index contributed by atoms with van der Waals surface area (Å²) in [5.41, 5.74) is 3.49. The highest BCUT2D eigenvalue weighted by molar-refractivity contribution is 7.88. The third-order valence-electron chi connectivity index (χ3n) is 5.08. The molecule has 2 aromatic carbocycles. The standard InChI is InChI=1S/C22H26N2O4S/c1-27-20-9-7-10-21-22(20)17-12-11-16(15-29(24,25)26)14-18(17)19(28-21)8-5-3-2-4-6-13-23/h7,9-12,14,19H,2-6,8,15H2,1H3,(H2,24,25,26). The van der Waals surface area contributed by atoms with Gasteiger partial charge in [0.05, 0.1) is 24.5 Å². The van der Waals surface area contributed by atoms with E-state index in [-0.39, 0.29) is 11.9 Å². The fraction of sp³-hybridized carbons (Fsp3) is 0.409. The van der Waals surface area contributed by atoms with Crippen LogP contribution < -0.4 is 14.6 Å². The van der Waals surface area contributed by atoms with Gasteiger partial charge in [-0.05, 0) is 42.5 Å². The number of sulfonamides is 1. The van der Waals surface area contributed by atoms with E-state index in [1.54, 1.807) is 13.2 Å². The first kappa shape index (κ1) is 21.2. The lowest BCUT2D eigenvalue weighted by atomic mass is 9.89.